The molecule has 0 spiro atoms. The summed E-state index contributed by atoms with van der Waals surface area (Å²) >= 11 is 1.73. The molecular formula is C28H28N2O3S. The molecule has 0 radical (unpaired) electrons. The molecule has 2 unspecified atom stereocenters. The van der Waals surface area contributed by atoms with Crippen molar-refractivity contribution in [3.63, 3.8) is 0 Å². The lowest BCUT2D eigenvalue weighted by Gasteiger charge is -2.45. The van der Waals surface area contributed by atoms with Crippen LogP contribution in [0.3, 0.4) is 0 Å². The van der Waals surface area contributed by atoms with Crippen LogP contribution in [-0.4, -0.2) is 45.5 Å². The fourth-order valence-corrected chi connectivity index (χ4v) is 6.48. The number of carbonyl (C=O) groups is 2. The highest BCUT2D eigenvalue weighted by molar-refractivity contribution is 8.01. The van der Waals surface area contributed by atoms with Gasteiger partial charge in [-0.1, -0.05) is 78.9 Å². The van der Waals surface area contributed by atoms with E-state index in [1.807, 2.05) is 91.0 Å². The average Bonchev–Trinajstić information content (AvgIpc) is 3.08. The Hall–Kier alpha value is -3.09. The van der Waals surface area contributed by atoms with Crippen molar-refractivity contribution in [2.75, 3.05) is 6.54 Å². The summed E-state index contributed by atoms with van der Waals surface area (Å²) in [5.41, 5.74) is 2.53. The number of hydrogen-bond donors (Lipinski definition) is 1. The number of amides is 1. The summed E-state index contributed by atoms with van der Waals surface area (Å²) in [6, 6.07) is 28.5. The van der Waals surface area contributed by atoms with Crippen LogP contribution < -0.4 is 5.32 Å². The van der Waals surface area contributed by atoms with Gasteiger partial charge in [-0.25, -0.2) is 0 Å². The molecule has 2 aliphatic rings. The zero-order valence-corrected chi connectivity index (χ0v) is 20.1. The van der Waals surface area contributed by atoms with Gasteiger partial charge in [0.15, 0.2) is 6.10 Å². The minimum atomic E-state index is -0.468. The van der Waals surface area contributed by atoms with E-state index in [0.29, 0.717) is 12.1 Å². The minimum Gasteiger partial charge on any atom is -0.451 e. The van der Waals surface area contributed by atoms with E-state index < -0.39 is 6.10 Å². The number of fused-ring (bicyclic) bond motifs is 1. The third-order valence-corrected chi connectivity index (χ3v) is 8.18. The molecule has 174 valence electrons. The summed E-state index contributed by atoms with van der Waals surface area (Å²) < 4.78 is 5.86. The number of hydrogen-bond acceptors (Lipinski definition) is 5. The SMILES string of the molecule is CC1(C)SC2[C@@H](NC(=O)c3ccccc3)CN2C1C(=O)OC(c1ccccc1)c1ccccc1. The van der Waals surface area contributed by atoms with Gasteiger partial charge in [0.1, 0.15) is 6.04 Å². The lowest BCUT2D eigenvalue weighted by Crippen LogP contribution is -2.66. The maximum Gasteiger partial charge on any atom is 0.325 e. The van der Waals surface area contributed by atoms with Crippen LogP contribution in [0.25, 0.3) is 0 Å². The number of esters is 1. The van der Waals surface area contributed by atoms with E-state index in [1.165, 1.54) is 0 Å². The molecule has 1 amide bonds. The summed E-state index contributed by atoms with van der Waals surface area (Å²) in [5, 5.41) is 3.19. The number of benzene rings is 3. The Morgan fingerprint density at radius 1 is 0.912 bits per heavy atom. The first-order valence-corrected chi connectivity index (χ1v) is 12.4. The van der Waals surface area contributed by atoms with Crippen LogP contribution in [0.1, 0.15) is 41.4 Å². The van der Waals surface area contributed by atoms with E-state index in [9.17, 15) is 9.59 Å². The molecule has 3 aromatic carbocycles. The molecule has 1 N–H and O–H groups in total. The molecule has 3 atom stereocenters. The summed E-state index contributed by atoms with van der Waals surface area (Å²) in [5.74, 6) is -0.312. The number of ether oxygens (including phenoxy) is 1. The predicted octanol–water partition coefficient (Wildman–Crippen LogP) is 4.65. The van der Waals surface area contributed by atoms with Crippen LogP contribution in [-0.2, 0) is 9.53 Å². The van der Waals surface area contributed by atoms with Gasteiger partial charge in [0.2, 0.25) is 0 Å². The quantitative estimate of drug-likeness (QED) is 0.529. The lowest BCUT2D eigenvalue weighted by molar-refractivity contribution is -0.157. The van der Waals surface area contributed by atoms with Crippen molar-refractivity contribution in [3.8, 4) is 0 Å². The van der Waals surface area contributed by atoms with Crippen LogP contribution in [0.2, 0.25) is 0 Å². The van der Waals surface area contributed by atoms with E-state index in [0.717, 1.165) is 11.1 Å². The zero-order chi connectivity index (χ0) is 23.7. The second-order valence-corrected chi connectivity index (χ2v) is 11.1. The van der Waals surface area contributed by atoms with Crippen molar-refractivity contribution >= 4 is 23.6 Å². The smallest absolute Gasteiger partial charge is 0.325 e. The summed E-state index contributed by atoms with van der Waals surface area (Å²) in [4.78, 5) is 28.4. The number of rotatable bonds is 6. The van der Waals surface area contributed by atoms with Gasteiger partial charge in [0, 0.05) is 16.9 Å². The molecular weight excluding hydrogens is 444 g/mol. The van der Waals surface area contributed by atoms with Crippen molar-refractivity contribution in [1.29, 1.82) is 0 Å². The lowest BCUT2D eigenvalue weighted by atomic mass is 9.96. The van der Waals surface area contributed by atoms with Gasteiger partial charge in [-0.2, -0.15) is 0 Å². The standard InChI is InChI=1S/C28H28N2O3S/c1-28(2)24(30-18-22(26(30)34-28)29-25(31)21-16-10-5-11-17-21)27(32)33-23(19-12-6-3-7-13-19)20-14-8-4-9-15-20/h3-17,22-24,26H,18H2,1-2H3,(H,29,31)/t22-,24?,26?/m0/s1. The van der Waals surface area contributed by atoms with E-state index in [2.05, 4.69) is 24.1 Å². The Morgan fingerprint density at radius 3 is 2.00 bits per heavy atom. The van der Waals surface area contributed by atoms with E-state index in [-0.39, 0.29) is 34.1 Å². The fraction of sp³-hybridized carbons (Fsp3) is 0.286. The third-order valence-electron chi connectivity index (χ3n) is 6.51. The molecule has 2 fully saturated rings. The molecule has 34 heavy (non-hydrogen) atoms. The highest BCUT2D eigenvalue weighted by Gasteiger charge is 2.60. The Bertz CT molecular complexity index is 1110. The topological polar surface area (TPSA) is 58.6 Å². The number of thioether (sulfide) groups is 1. The van der Waals surface area contributed by atoms with Gasteiger partial charge < -0.3 is 10.1 Å². The van der Waals surface area contributed by atoms with Crippen LogP contribution in [0.15, 0.2) is 91.0 Å². The average molecular weight is 473 g/mol. The maximum absolute atomic E-state index is 13.6. The Morgan fingerprint density at radius 2 is 1.44 bits per heavy atom. The highest BCUT2D eigenvalue weighted by Crippen LogP contribution is 2.50. The molecule has 6 heteroatoms. The first kappa shape index (κ1) is 22.7. The molecule has 2 heterocycles. The Kier molecular flexibility index (Phi) is 6.19. The zero-order valence-electron chi connectivity index (χ0n) is 19.3. The summed E-state index contributed by atoms with van der Waals surface area (Å²) in [7, 11) is 0. The van der Waals surface area contributed by atoms with Crippen LogP contribution in [0.4, 0.5) is 0 Å². The first-order valence-electron chi connectivity index (χ1n) is 11.5. The maximum atomic E-state index is 13.6. The van der Waals surface area contributed by atoms with Crippen molar-refractivity contribution < 1.29 is 14.3 Å². The van der Waals surface area contributed by atoms with Gasteiger partial charge >= 0.3 is 5.97 Å². The highest BCUT2D eigenvalue weighted by atomic mass is 32.2. The van der Waals surface area contributed by atoms with Gasteiger partial charge in [0.25, 0.3) is 5.91 Å². The van der Waals surface area contributed by atoms with Gasteiger partial charge in [0.05, 0.1) is 11.4 Å². The van der Waals surface area contributed by atoms with Crippen LogP contribution >= 0.6 is 11.8 Å². The molecule has 2 saturated heterocycles. The largest absolute Gasteiger partial charge is 0.451 e. The summed E-state index contributed by atoms with van der Waals surface area (Å²) in [6.07, 6.45) is -0.468. The van der Waals surface area contributed by atoms with Crippen molar-refractivity contribution in [2.45, 2.75) is 42.2 Å². The van der Waals surface area contributed by atoms with Gasteiger partial charge in [-0.3, -0.25) is 14.5 Å². The minimum absolute atomic E-state index is 0.00572. The number of carbonyl (C=O) groups excluding carboxylic acids is 2. The molecule has 0 aromatic heterocycles. The van der Waals surface area contributed by atoms with Gasteiger partial charge in [-0.05, 0) is 37.1 Å². The predicted molar refractivity (Wildman–Crippen MR) is 134 cm³/mol. The molecule has 3 aromatic rings. The molecule has 0 saturated carbocycles. The Balaban J connectivity index is 1.31. The van der Waals surface area contributed by atoms with Gasteiger partial charge in [-0.15, -0.1) is 11.8 Å². The molecule has 0 bridgehead atoms. The van der Waals surface area contributed by atoms with Crippen LogP contribution in [0.5, 0.6) is 0 Å². The normalized spacial score (nSPS) is 23.1. The van der Waals surface area contributed by atoms with E-state index in [1.54, 1.807) is 11.8 Å². The monoisotopic (exact) mass is 472 g/mol. The second kappa shape index (κ2) is 9.28. The molecule has 5 nitrogen and oxygen atoms in total. The Labute approximate surface area is 204 Å². The molecule has 5 rings (SSSR count). The van der Waals surface area contributed by atoms with E-state index in [4.69, 9.17) is 4.74 Å². The third kappa shape index (κ3) is 4.36. The van der Waals surface area contributed by atoms with Crippen molar-refractivity contribution in [2.24, 2.45) is 0 Å². The summed E-state index contributed by atoms with van der Waals surface area (Å²) in [6.45, 7) is 4.79. The molecule has 0 aliphatic carbocycles. The second-order valence-electron chi connectivity index (χ2n) is 9.30. The van der Waals surface area contributed by atoms with Crippen LogP contribution in [0, 0.1) is 0 Å². The van der Waals surface area contributed by atoms with E-state index >= 15 is 0 Å². The van der Waals surface area contributed by atoms with Crippen molar-refractivity contribution in [3.05, 3.63) is 108 Å². The number of nitrogens with one attached hydrogen (secondary N) is 1. The van der Waals surface area contributed by atoms with Crippen molar-refractivity contribution in [1.82, 2.24) is 10.2 Å². The molecule has 2 aliphatic heterocycles. The fourth-order valence-electron chi connectivity index (χ4n) is 4.83. The number of nitrogens with zero attached hydrogens (tertiary/aromatic N) is 1. The first-order chi connectivity index (χ1) is 16.4.